The molecular formula is C16H25ClN2O2. The first-order valence-electron chi connectivity index (χ1n) is 6.95. The molecule has 0 heterocycles. The molecule has 21 heavy (non-hydrogen) atoms. The van der Waals surface area contributed by atoms with Crippen molar-refractivity contribution in [1.82, 2.24) is 4.90 Å². The largest absolute Gasteiger partial charge is 0.342 e. The summed E-state index contributed by atoms with van der Waals surface area (Å²) in [6.45, 7) is 6.29. The molecule has 0 bridgehead atoms. The number of ketones is 1. The van der Waals surface area contributed by atoms with Crippen molar-refractivity contribution >= 4 is 24.1 Å². The van der Waals surface area contributed by atoms with E-state index in [1.54, 1.807) is 36.2 Å². The van der Waals surface area contributed by atoms with E-state index in [2.05, 4.69) is 13.8 Å². The minimum atomic E-state index is -0.0453. The zero-order valence-electron chi connectivity index (χ0n) is 13.1. The van der Waals surface area contributed by atoms with Crippen LogP contribution in [0, 0.1) is 5.92 Å². The van der Waals surface area contributed by atoms with Crippen molar-refractivity contribution in [1.29, 1.82) is 0 Å². The van der Waals surface area contributed by atoms with Gasteiger partial charge in [0.2, 0.25) is 0 Å². The first-order chi connectivity index (χ1) is 9.32. The van der Waals surface area contributed by atoms with E-state index in [1.165, 1.54) is 6.92 Å². The van der Waals surface area contributed by atoms with Crippen LogP contribution in [0.15, 0.2) is 24.3 Å². The van der Waals surface area contributed by atoms with Crippen LogP contribution in [0.1, 0.15) is 47.9 Å². The SMILES string of the molecule is CC(=O)c1ccc(C(=O)N(C)CCC(N)C(C)C)cc1.Cl. The number of hydrogen-bond acceptors (Lipinski definition) is 3. The number of nitrogens with two attached hydrogens (primary N) is 1. The molecule has 1 amide bonds. The molecule has 118 valence electrons. The van der Waals surface area contributed by atoms with Crippen LogP contribution in [0.3, 0.4) is 0 Å². The molecule has 0 aliphatic heterocycles. The molecule has 5 heteroatoms. The van der Waals surface area contributed by atoms with Crippen LogP contribution in [-0.4, -0.2) is 36.2 Å². The quantitative estimate of drug-likeness (QED) is 0.821. The van der Waals surface area contributed by atoms with E-state index in [9.17, 15) is 9.59 Å². The van der Waals surface area contributed by atoms with Gasteiger partial charge >= 0.3 is 0 Å². The number of nitrogens with zero attached hydrogens (tertiary/aromatic N) is 1. The van der Waals surface area contributed by atoms with Gasteiger partial charge in [0.1, 0.15) is 0 Å². The molecule has 0 saturated carbocycles. The van der Waals surface area contributed by atoms with E-state index in [4.69, 9.17) is 5.73 Å². The maximum Gasteiger partial charge on any atom is 0.253 e. The highest BCUT2D eigenvalue weighted by Crippen LogP contribution is 2.09. The molecule has 0 aliphatic carbocycles. The Balaban J connectivity index is 0.00000400. The van der Waals surface area contributed by atoms with Crippen molar-refractivity contribution in [2.45, 2.75) is 33.2 Å². The van der Waals surface area contributed by atoms with E-state index < -0.39 is 0 Å². The molecule has 1 atom stereocenters. The van der Waals surface area contributed by atoms with Gasteiger partial charge in [0, 0.05) is 30.8 Å². The van der Waals surface area contributed by atoms with Crippen LogP contribution in [0.25, 0.3) is 0 Å². The lowest BCUT2D eigenvalue weighted by Crippen LogP contribution is -2.34. The normalized spacial score (nSPS) is 11.7. The monoisotopic (exact) mass is 312 g/mol. The molecule has 1 aromatic carbocycles. The van der Waals surface area contributed by atoms with Crippen LogP contribution in [0.2, 0.25) is 0 Å². The number of halogens is 1. The summed E-state index contributed by atoms with van der Waals surface area (Å²) >= 11 is 0. The predicted octanol–water partition coefficient (Wildman–Crippen LogP) is 2.76. The van der Waals surface area contributed by atoms with Gasteiger partial charge in [-0.05, 0) is 31.4 Å². The van der Waals surface area contributed by atoms with E-state index in [0.717, 1.165) is 6.42 Å². The number of carbonyl (C=O) groups excluding carboxylic acids is 2. The Morgan fingerprint density at radius 2 is 1.62 bits per heavy atom. The van der Waals surface area contributed by atoms with Crippen molar-refractivity contribution in [3.8, 4) is 0 Å². The molecule has 4 nitrogen and oxygen atoms in total. The molecule has 0 fully saturated rings. The van der Waals surface area contributed by atoms with Crippen LogP contribution < -0.4 is 5.73 Å². The van der Waals surface area contributed by atoms with Gasteiger partial charge in [0.25, 0.3) is 5.91 Å². The lowest BCUT2D eigenvalue weighted by molar-refractivity contribution is 0.0788. The molecular weight excluding hydrogens is 288 g/mol. The van der Waals surface area contributed by atoms with Crippen molar-refractivity contribution in [2.24, 2.45) is 11.7 Å². The number of rotatable bonds is 6. The van der Waals surface area contributed by atoms with Gasteiger partial charge in [-0.25, -0.2) is 0 Å². The lowest BCUT2D eigenvalue weighted by Gasteiger charge is -2.21. The first kappa shape index (κ1) is 19.6. The minimum Gasteiger partial charge on any atom is -0.342 e. The Kier molecular flexibility index (Phi) is 8.22. The van der Waals surface area contributed by atoms with Crippen molar-refractivity contribution in [2.75, 3.05) is 13.6 Å². The maximum absolute atomic E-state index is 12.2. The third-order valence-corrected chi connectivity index (χ3v) is 3.54. The highest BCUT2D eigenvalue weighted by atomic mass is 35.5. The highest BCUT2D eigenvalue weighted by Gasteiger charge is 2.14. The van der Waals surface area contributed by atoms with Gasteiger partial charge in [-0.2, -0.15) is 0 Å². The van der Waals surface area contributed by atoms with Gasteiger partial charge in [-0.15, -0.1) is 12.4 Å². The lowest BCUT2D eigenvalue weighted by atomic mass is 10.0. The summed E-state index contributed by atoms with van der Waals surface area (Å²) in [5.74, 6) is 0.365. The van der Waals surface area contributed by atoms with Crippen molar-refractivity contribution in [3.63, 3.8) is 0 Å². The Labute approximate surface area is 133 Å². The second-order valence-corrected chi connectivity index (χ2v) is 5.56. The third-order valence-electron chi connectivity index (χ3n) is 3.54. The molecule has 1 unspecified atom stereocenters. The third kappa shape index (κ3) is 5.86. The minimum absolute atomic E-state index is 0. The Bertz CT molecular complexity index is 472. The Hall–Kier alpha value is -1.39. The summed E-state index contributed by atoms with van der Waals surface area (Å²) in [6, 6.07) is 6.85. The van der Waals surface area contributed by atoms with Crippen LogP contribution >= 0.6 is 12.4 Å². The molecule has 0 saturated heterocycles. The molecule has 0 spiro atoms. The molecule has 1 rings (SSSR count). The fourth-order valence-electron chi connectivity index (χ4n) is 1.85. The van der Waals surface area contributed by atoms with Crippen LogP contribution in [0.5, 0.6) is 0 Å². The summed E-state index contributed by atoms with van der Waals surface area (Å²) < 4.78 is 0. The topological polar surface area (TPSA) is 63.4 Å². The Morgan fingerprint density at radius 1 is 1.14 bits per heavy atom. The number of hydrogen-bond donors (Lipinski definition) is 1. The average Bonchev–Trinajstić information content (AvgIpc) is 2.43. The Morgan fingerprint density at radius 3 is 2.05 bits per heavy atom. The molecule has 0 radical (unpaired) electrons. The van der Waals surface area contributed by atoms with Crippen LogP contribution in [-0.2, 0) is 0 Å². The van der Waals surface area contributed by atoms with E-state index >= 15 is 0 Å². The van der Waals surface area contributed by atoms with Gasteiger partial charge in [0.15, 0.2) is 5.78 Å². The van der Waals surface area contributed by atoms with Crippen LogP contribution in [0.4, 0.5) is 0 Å². The van der Waals surface area contributed by atoms with Gasteiger partial charge < -0.3 is 10.6 Å². The summed E-state index contributed by atoms with van der Waals surface area (Å²) in [7, 11) is 1.77. The van der Waals surface area contributed by atoms with E-state index in [-0.39, 0.29) is 30.1 Å². The van der Waals surface area contributed by atoms with E-state index in [0.29, 0.717) is 23.6 Å². The predicted molar refractivity (Wildman–Crippen MR) is 88.1 cm³/mol. The average molecular weight is 313 g/mol. The van der Waals surface area contributed by atoms with Gasteiger partial charge in [0.05, 0.1) is 0 Å². The first-order valence-corrected chi connectivity index (χ1v) is 6.95. The summed E-state index contributed by atoms with van der Waals surface area (Å²) in [5.41, 5.74) is 7.19. The number of Topliss-reactive ketones (excluding diaryl/α,β-unsaturated/α-hetero) is 1. The standard InChI is InChI=1S/C16H24N2O2.ClH/c1-11(2)15(17)9-10-18(4)16(20)14-7-5-13(6-8-14)12(3)19;/h5-8,11,15H,9-10,17H2,1-4H3;1H. The molecule has 0 aromatic heterocycles. The summed E-state index contributed by atoms with van der Waals surface area (Å²) in [4.78, 5) is 25.1. The number of carbonyl (C=O) groups is 2. The molecule has 1 aromatic rings. The highest BCUT2D eigenvalue weighted by molar-refractivity contribution is 5.97. The second-order valence-electron chi connectivity index (χ2n) is 5.56. The smallest absolute Gasteiger partial charge is 0.253 e. The number of amides is 1. The van der Waals surface area contributed by atoms with E-state index in [1.807, 2.05) is 0 Å². The molecule has 0 aliphatic rings. The molecule has 2 N–H and O–H groups in total. The fourth-order valence-corrected chi connectivity index (χ4v) is 1.85. The fraction of sp³-hybridized carbons (Fsp3) is 0.500. The summed E-state index contributed by atoms with van der Waals surface area (Å²) in [5, 5.41) is 0. The van der Waals surface area contributed by atoms with Crippen molar-refractivity contribution < 1.29 is 9.59 Å². The van der Waals surface area contributed by atoms with Crippen molar-refractivity contribution in [3.05, 3.63) is 35.4 Å². The maximum atomic E-state index is 12.2. The van der Waals surface area contributed by atoms with Gasteiger partial charge in [-0.3, -0.25) is 9.59 Å². The van der Waals surface area contributed by atoms with Gasteiger partial charge in [-0.1, -0.05) is 26.0 Å². The zero-order chi connectivity index (χ0) is 15.3. The summed E-state index contributed by atoms with van der Waals surface area (Å²) in [6.07, 6.45) is 0.783. The second kappa shape index (κ2) is 8.80. The number of benzene rings is 1. The zero-order valence-corrected chi connectivity index (χ0v) is 13.9.